The number of aldehydes is 1. The van der Waals surface area contributed by atoms with Gasteiger partial charge in [0.15, 0.2) is 6.10 Å². The second-order valence-electron chi connectivity index (χ2n) is 6.46. The maximum Gasteiger partial charge on any atom is 0.303 e. The predicted octanol–water partition coefficient (Wildman–Crippen LogP) is 1.97. The Bertz CT molecular complexity index is 564. The van der Waals surface area contributed by atoms with Gasteiger partial charge in [-0.3, -0.25) is 14.4 Å². The minimum absolute atomic E-state index is 0.239. The van der Waals surface area contributed by atoms with E-state index in [9.17, 15) is 19.2 Å². The molecule has 0 spiro atoms. The third-order valence-electron chi connectivity index (χ3n) is 4.40. The van der Waals surface area contributed by atoms with Gasteiger partial charge in [0.1, 0.15) is 19.0 Å². The highest BCUT2D eigenvalue weighted by Gasteiger charge is 2.41. The summed E-state index contributed by atoms with van der Waals surface area (Å²) >= 11 is 0. The van der Waals surface area contributed by atoms with Crippen LogP contribution in [0.5, 0.6) is 0 Å². The fourth-order valence-corrected chi connectivity index (χ4v) is 3.11. The van der Waals surface area contributed by atoms with Crippen molar-refractivity contribution in [1.82, 2.24) is 0 Å². The number of hydrogen-bond donors (Lipinski definition) is 0. The quantitative estimate of drug-likeness (QED) is 0.298. The Labute approximate surface area is 147 Å². The number of rotatable bonds is 7. The van der Waals surface area contributed by atoms with Crippen LogP contribution in [-0.2, 0) is 33.4 Å². The lowest BCUT2D eigenvalue weighted by atomic mass is 9.73. The summed E-state index contributed by atoms with van der Waals surface area (Å²) in [5.41, 5.74) is 2.23. The van der Waals surface area contributed by atoms with E-state index in [1.807, 2.05) is 13.8 Å². The maximum absolute atomic E-state index is 11.6. The number of allylic oxidation sites excluding steroid dienone is 2. The van der Waals surface area contributed by atoms with E-state index in [0.717, 1.165) is 17.4 Å². The van der Waals surface area contributed by atoms with Gasteiger partial charge in [0, 0.05) is 32.6 Å². The van der Waals surface area contributed by atoms with Crippen LogP contribution in [0.15, 0.2) is 11.1 Å². The SMILES string of the molecule is CC(=O)OC[C@@H](OC(C)=O)[C@@H](OC(C)=O)[C@H]1CC(C)=C(C)C[C@@H]1C=O. The molecule has 1 rings (SSSR count). The van der Waals surface area contributed by atoms with Crippen LogP contribution in [0.1, 0.15) is 47.5 Å². The Morgan fingerprint density at radius 2 is 1.56 bits per heavy atom. The van der Waals surface area contributed by atoms with E-state index in [-0.39, 0.29) is 18.4 Å². The van der Waals surface area contributed by atoms with Crippen molar-refractivity contribution in [3.63, 3.8) is 0 Å². The third-order valence-corrected chi connectivity index (χ3v) is 4.40. The molecule has 25 heavy (non-hydrogen) atoms. The normalized spacial score (nSPS) is 22.6. The summed E-state index contributed by atoms with van der Waals surface area (Å²) in [5.74, 6) is -2.41. The zero-order valence-corrected chi connectivity index (χ0v) is 15.4. The topological polar surface area (TPSA) is 96.0 Å². The smallest absolute Gasteiger partial charge is 0.303 e. The Morgan fingerprint density at radius 1 is 1.00 bits per heavy atom. The minimum Gasteiger partial charge on any atom is -0.462 e. The number of ether oxygens (including phenoxy) is 3. The molecule has 7 heteroatoms. The van der Waals surface area contributed by atoms with Gasteiger partial charge in [0.05, 0.1) is 0 Å². The highest BCUT2D eigenvalue weighted by molar-refractivity contribution is 5.68. The van der Waals surface area contributed by atoms with E-state index in [1.54, 1.807) is 0 Å². The van der Waals surface area contributed by atoms with Crippen molar-refractivity contribution >= 4 is 24.2 Å². The Balaban J connectivity index is 3.17. The van der Waals surface area contributed by atoms with Crippen LogP contribution < -0.4 is 0 Å². The van der Waals surface area contributed by atoms with Crippen LogP contribution in [0.25, 0.3) is 0 Å². The van der Waals surface area contributed by atoms with Gasteiger partial charge in [-0.15, -0.1) is 0 Å². The molecule has 0 aromatic rings. The van der Waals surface area contributed by atoms with E-state index < -0.39 is 30.1 Å². The molecule has 0 aromatic carbocycles. The zero-order chi connectivity index (χ0) is 19.1. The fourth-order valence-electron chi connectivity index (χ4n) is 3.11. The van der Waals surface area contributed by atoms with Crippen LogP contribution in [-0.4, -0.2) is 43.0 Å². The first-order valence-electron chi connectivity index (χ1n) is 8.24. The number of carbonyl (C=O) groups is 4. The first kappa shape index (κ1) is 20.9. The Kier molecular flexibility index (Phi) is 7.80. The van der Waals surface area contributed by atoms with Crippen molar-refractivity contribution in [2.45, 2.75) is 59.7 Å². The third kappa shape index (κ3) is 6.32. The van der Waals surface area contributed by atoms with Gasteiger partial charge in [-0.05, 0) is 26.7 Å². The molecular weight excluding hydrogens is 328 g/mol. The molecule has 0 bridgehead atoms. The molecule has 0 aromatic heterocycles. The summed E-state index contributed by atoms with van der Waals surface area (Å²) in [7, 11) is 0. The number of esters is 3. The molecule has 1 aliphatic rings. The second kappa shape index (κ2) is 9.34. The highest BCUT2D eigenvalue weighted by Crippen LogP contribution is 2.37. The summed E-state index contributed by atoms with van der Waals surface area (Å²) in [4.78, 5) is 45.8. The summed E-state index contributed by atoms with van der Waals surface area (Å²) in [6.45, 7) is 7.38. The van der Waals surface area contributed by atoms with Crippen molar-refractivity contribution in [2.75, 3.05) is 6.61 Å². The molecule has 140 valence electrons. The van der Waals surface area contributed by atoms with Crippen LogP contribution in [0.2, 0.25) is 0 Å². The molecule has 0 fully saturated rings. The van der Waals surface area contributed by atoms with Crippen molar-refractivity contribution in [1.29, 1.82) is 0 Å². The van der Waals surface area contributed by atoms with Crippen LogP contribution in [0.3, 0.4) is 0 Å². The van der Waals surface area contributed by atoms with Crippen LogP contribution in [0, 0.1) is 11.8 Å². The lowest BCUT2D eigenvalue weighted by Crippen LogP contribution is -2.46. The second-order valence-corrected chi connectivity index (χ2v) is 6.46. The molecule has 7 nitrogen and oxygen atoms in total. The molecule has 0 radical (unpaired) electrons. The monoisotopic (exact) mass is 354 g/mol. The van der Waals surface area contributed by atoms with Gasteiger partial charge in [-0.25, -0.2) is 0 Å². The fraction of sp³-hybridized carbons (Fsp3) is 0.667. The molecule has 0 heterocycles. The van der Waals surface area contributed by atoms with Gasteiger partial charge < -0.3 is 19.0 Å². The Morgan fingerprint density at radius 3 is 2.04 bits per heavy atom. The number of carbonyl (C=O) groups excluding carboxylic acids is 4. The molecule has 0 aliphatic heterocycles. The maximum atomic E-state index is 11.6. The molecule has 0 unspecified atom stereocenters. The molecule has 0 amide bonds. The predicted molar refractivity (Wildman–Crippen MR) is 88.4 cm³/mol. The van der Waals surface area contributed by atoms with Gasteiger partial charge in [-0.2, -0.15) is 0 Å². The first-order valence-corrected chi connectivity index (χ1v) is 8.24. The first-order chi connectivity index (χ1) is 11.6. The molecule has 1 aliphatic carbocycles. The molecule has 0 N–H and O–H groups in total. The summed E-state index contributed by atoms with van der Waals surface area (Å²) < 4.78 is 15.6. The van der Waals surface area contributed by atoms with E-state index in [2.05, 4.69) is 0 Å². The van der Waals surface area contributed by atoms with Gasteiger partial charge in [0.2, 0.25) is 0 Å². The van der Waals surface area contributed by atoms with Crippen LogP contribution >= 0.6 is 0 Å². The largest absolute Gasteiger partial charge is 0.462 e. The van der Waals surface area contributed by atoms with Crippen molar-refractivity contribution in [2.24, 2.45) is 11.8 Å². The van der Waals surface area contributed by atoms with Gasteiger partial charge >= 0.3 is 17.9 Å². The molecule has 4 atom stereocenters. The summed E-state index contributed by atoms with van der Waals surface area (Å²) in [6.07, 6.45) is 0.0830. The van der Waals surface area contributed by atoms with E-state index >= 15 is 0 Å². The van der Waals surface area contributed by atoms with E-state index in [1.165, 1.54) is 20.8 Å². The lowest BCUT2D eigenvalue weighted by Gasteiger charge is -2.38. The Hall–Kier alpha value is -2.18. The van der Waals surface area contributed by atoms with E-state index in [0.29, 0.717) is 12.8 Å². The average Bonchev–Trinajstić information content (AvgIpc) is 2.50. The van der Waals surface area contributed by atoms with Gasteiger partial charge in [-0.1, -0.05) is 11.1 Å². The molecule has 0 saturated heterocycles. The lowest BCUT2D eigenvalue weighted by molar-refractivity contribution is -0.180. The minimum atomic E-state index is -0.969. The van der Waals surface area contributed by atoms with Crippen molar-refractivity contribution < 1.29 is 33.4 Å². The van der Waals surface area contributed by atoms with Crippen molar-refractivity contribution in [3.05, 3.63) is 11.1 Å². The van der Waals surface area contributed by atoms with Gasteiger partial charge in [0.25, 0.3) is 0 Å². The molecule has 0 saturated carbocycles. The van der Waals surface area contributed by atoms with Crippen LogP contribution in [0.4, 0.5) is 0 Å². The zero-order valence-electron chi connectivity index (χ0n) is 15.4. The summed E-state index contributed by atoms with van der Waals surface area (Å²) in [6, 6.07) is 0. The standard InChI is InChI=1S/C18H26O7/c1-10-6-15(8-19)16(7-11(10)2)18(25-14(5)22)17(24-13(4)21)9-23-12(3)20/h8,15-18H,6-7,9H2,1-5H3/t15-,16+,17-,18+/m1/s1. The summed E-state index contributed by atoms with van der Waals surface area (Å²) in [5, 5.41) is 0. The molecular formula is C18H26O7. The average molecular weight is 354 g/mol. The van der Waals surface area contributed by atoms with E-state index in [4.69, 9.17) is 14.2 Å². The van der Waals surface area contributed by atoms with Crippen molar-refractivity contribution in [3.8, 4) is 0 Å². The number of hydrogen-bond acceptors (Lipinski definition) is 7. The highest BCUT2D eigenvalue weighted by atomic mass is 16.6.